The van der Waals surface area contributed by atoms with Crippen LogP contribution in [0.25, 0.3) is 11.0 Å². The fourth-order valence-electron chi connectivity index (χ4n) is 5.24. The maximum absolute atomic E-state index is 14.0. The molecule has 3 aromatic carbocycles. The Labute approximate surface area is 231 Å². The van der Waals surface area contributed by atoms with E-state index in [1.807, 2.05) is 18.2 Å². The molecule has 1 aromatic heterocycles. The summed E-state index contributed by atoms with van der Waals surface area (Å²) in [6, 6.07) is 16.7. The number of rotatable bonds is 9. The molecule has 0 saturated heterocycles. The number of fused-ring (bicyclic) bond motifs is 1. The Hall–Kier alpha value is -4.47. The molecule has 0 aliphatic heterocycles. The minimum atomic E-state index is -1.08. The average molecular weight is 546 g/mol. The predicted octanol–water partition coefficient (Wildman–Crippen LogP) is 4.50. The first-order chi connectivity index (χ1) is 19.4. The average Bonchev–Trinajstić information content (AvgIpc) is 3.37. The van der Waals surface area contributed by atoms with Crippen LogP contribution in [0.3, 0.4) is 0 Å². The van der Waals surface area contributed by atoms with E-state index in [0.29, 0.717) is 22.2 Å². The van der Waals surface area contributed by atoms with Crippen LogP contribution >= 0.6 is 0 Å². The number of benzene rings is 3. The van der Waals surface area contributed by atoms with Crippen molar-refractivity contribution in [2.75, 3.05) is 7.11 Å². The van der Waals surface area contributed by atoms with E-state index >= 15 is 0 Å². The molecular formula is C30H32FN5O4. The molecule has 0 bridgehead atoms. The molecule has 0 spiro atoms. The van der Waals surface area contributed by atoms with E-state index in [0.717, 1.165) is 32.1 Å². The predicted molar refractivity (Wildman–Crippen MR) is 147 cm³/mol. The van der Waals surface area contributed by atoms with Crippen molar-refractivity contribution in [1.29, 1.82) is 0 Å². The minimum absolute atomic E-state index is 0.00220. The Morgan fingerprint density at radius 2 is 1.85 bits per heavy atom. The molecular weight excluding hydrogens is 513 g/mol. The third-order valence-corrected chi connectivity index (χ3v) is 7.32. The second-order valence-corrected chi connectivity index (χ2v) is 10.1. The lowest BCUT2D eigenvalue weighted by Crippen LogP contribution is -2.47. The van der Waals surface area contributed by atoms with Crippen molar-refractivity contribution in [3.05, 3.63) is 83.7 Å². The van der Waals surface area contributed by atoms with Gasteiger partial charge in [0.2, 0.25) is 11.8 Å². The van der Waals surface area contributed by atoms with Gasteiger partial charge >= 0.3 is 0 Å². The van der Waals surface area contributed by atoms with Gasteiger partial charge in [0.15, 0.2) is 11.5 Å². The van der Waals surface area contributed by atoms with E-state index < -0.39 is 11.9 Å². The van der Waals surface area contributed by atoms with Gasteiger partial charge in [0, 0.05) is 12.6 Å². The summed E-state index contributed by atoms with van der Waals surface area (Å²) < 4.78 is 20.4. The molecule has 1 aliphatic rings. The monoisotopic (exact) mass is 545 g/mol. The lowest BCUT2D eigenvalue weighted by atomic mass is 9.94. The fourth-order valence-corrected chi connectivity index (χ4v) is 5.24. The largest absolute Gasteiger partial charge is 0.504 e. The molecule has 1 heterocycles. The first-order valence-corrected chi connectivity index (χ1v) is 13.4. The molecule has 208 valence electrons. The van der Waals surface area contributed by atoms with E-state index in [-0.39, 0.29) is 42.4 Å². The Bertz CT molecular complexity index is 1480. The Kier molecular flexibility index (Phi) is 8.23. The van der Waals surface area contributed by atoms with Crippen molar-refractivity contribution < 1.29 is 23.8 Å². The smallest absolute Gasteiger partial charge is 0.247 e. The number of halogens is 1. The summed E-state index contributed by atoms with van der Waals surface area (Å²) in [4.78, 5) is 29.5. The molecule has 9 nitrogen and oxygen atoms in total. The topological polar surface area (TPSA) is 110 Å². The maximum Gasteiger partial charge on any atom is 0.247 e. The van der Waals surface area contributed by atoms with E-state index in [2.05, 4.69) is 15.6 Å². The van der Waals surface area contributed by atoms with E-state index in [4.69, 9.17) is 4.74 Å². The van der Waals surface area contributed by atoms with Gasteiger partial charge in [-0.3, -0.25) is 9.59 Å². The maximum atomic E-state index is 14.0. The van der Waals surface area contributed by atoms with Gasteiger partial charge in [-0.2, -0.15) is 0 Å². The molecule has 4 aromatic rings. The van der Waals surface area contributed by atoms with Gasteiger partial charge in [-0.25, -0.2) is 9.07 Å². The van der Waals surface area contributed by atoms with Gasteiger partial charge in [0.05, 0.1) is 12.6 Å². The fraction of sp³-hybridized carbons (Fsp3) is 0.333. The number of para-hydroxylation sites is 1. The number of phenols is 1. The van der Waals surface area contributed by atoms with Crippen molar-refractivity contribution in [2.45, 2.75) is 57.3 Å². The number of nitrogens with one attached hydrogen (secondary N) is 1. The molecule has 40 heavy (non-hydrogen) atoms. The Balaban J connectivity index is 1.54. The zero-order valence-corrected chi connectivity index (χ0v) is 22.3. The number of amides is 2. The molecule has 0 unspecified atom stereocenters. The van der Waals surface area contributed by atoms with Gasteiger partial charge < -0.3 is 20.1 Å². The zero-order valence-electron chi connectivity index (χ0n) is 22.3. The van der Waals surface area contributed by atoms with Crippen molar-refractivity contribution in [3.8, 4) is 11.5 Å². The second kappa shape index (κ2) is 12.1. The highest BCUT2D eigenvalue weighted by molar-refractivity contribution is 5.89. The van der Waals surface area contributed by atoms with Gasteiger partial charge in [-0.05, 0) is 60.4 Å². The number of aromatic hydroxyl groups is 1. The number of hydrogen-bond donors (Lipinski definition) is 2. The number of methoxy groups -OCH3 is 1. The van der Waals surface area contributed by atoms with E-state index in [1.54, 1.807) is 30.3 Å². The molecule has 10 heteroatoms. The molecule has 1 saturated carbocycles. The third kappa shape index (κ3) is 6.06. The normalized spacial score (nSPS) is 14.6. The van der Waals surface area contributed by atoms with Crippen LogP contribution in [0.5, 0.6) is 11.5 Å². The van der Waals surface area contributed by atoms with Gasteiger partial charge in [-0.15, -0.1) is 5.10 Å². The summed E-state index contributed by atoms with van der Waals surface area (Å²) in [6.45, 7) is -0.141. The van der Waals surface area contributed by atoms with Crippen LogP contribution in [-0.4, -0.2) is 50.0 Å². The molecule has 1 fully saturated rings. The number of carbonyl (C=O) groups is 2. The van der Waals surface area contributed by atoms with Gasteiger partial charge in [-0.1, -0.05) is 54.8 Å². The van der Waals surface area contributed by atoms with Crippen molar-refractivity contribution in [2.24, 2.45) is 0 Å². The quantitative estimate of drug-likeness (QED) is 0.321. The molecule has 0 radical (unpaired) electrons. The van der Waals surface area contributed by atoms with Crippen molar-refractivity contribution >= 4 is 22.8 Å². The van der Waals surface area contributed by atoms with Crippen LogP contribution in [-0.2, 0) is 22.7 Å². The van der Waals surface area contributed by atoms with E-state index in [9.17, 15) is 19.1 Å². The van der Waals surface area contributed by atoms with Crippen LogP contribution in [0.1, 0.15) is 49.3 Å². The number of nitrogens with zero attached hydrogens (tertiary/aromatic N) is 4. The highest BCUT2D eigenvalue weighted by Crippen LogP contribution is 2.33. The highest BCUT2D eigenvalue weighted by Gasteiger charge is 2.34. The highest BCUT2D eigenvalue weighted by atomic mass is 19.1. The standard InChI is InChI=1S/C30H32FN5O4/c1-40-27-16-13-21(17-26(27)37)29(30(39)32-23-7-3-2-4-8-23)35(18-20-11-14-22(31)15-12-20)28(38)19-36-25-10-6-5-9-24(25)33-34-36/h5-6,9-17,23,29,37H,2-4,7-8,18-19H2,1H3,(H,32,39)/t29-/m0/s1. The number of aromatic nitrogens is 3. The van der Waals surface area contributed by atoms with Crippen LogP contribution in [0.15, 0.2) is 66.7 Å². The molecule has 1 aliphatic carbocycles. The van der Waals surface area contributed by atoms with Crippen molar-refractivity contribution in [3.63, 3.8) is 0 Å². The SMILES string of the molecule is COc1ccc([C@@H](C(=O)NC2CCCCC2)N(Cc2ccc(F)cc2)C(=O)Cn2nnc3ccccc32)cc1O. The van der Waals surface area contributed by atoms with Crippen LogP contribution in [0, 0.1) is 5.82 Å². The van der Waals surface area contributed by atoms with Gasteiger partial charge in [0.1, 0.15) is 23.9 Å². The third-order valence-electron chi connectivity index (χ3n) is 7.32. The molecule has 1 atom stereocenters. The minimum Gasteiger partial charge on any atom is -0.504 e. The van der Waals surface area contributed by atoms with Crippen LogP contribution in [0.2, 0.25) is 0 Å². The number of ether oxygens (including phenoxy) is 1. The molecule has 2 amide bonds. The van der Waals surface area contributed by atoms with Crippen LogP contribution < -0.4 is 10.1 Å². The first kappa shape index (κ1) is 27.1. The van der Waals surface area contributed by atoms with Crippen LogP contribution in [0.4, 0.5) is 4.39 Å². The number of phenolic OH excluding ortho intramolecular Hbond substituents is 1. The summed E-state index contributed by atoms with van der Waals surface area (Å²) >= 11 is 0. The summed E-state index contributed by atoms with van der Waals surface area (Å²) in [6.07, 6.45) is 4.91. The summed E-state index contributed by atoms with van der Waals surface area (Å²) in [5.74, 6) is -1.04. The first-order valence-electron chi connectivity index (χ1n) is 13.4. The van der Waals surface area contributed by atoms with E-state index in [1.165, 1.54) is 34.9 Å². The summed E-state index contributed by atoms with van der Waals surface area (Å²) in [5, 5.41) is 22.0. The molecule has 2 N–H and O–H groups in total. The number of carbonyl (C=O) groups excluding carboxylic acids is 2. The lowest BCUT2D eigenvalue weighted by Gasteiger charge is -2.33. The Morgan fingerprint density at radius 3 is 2.58 bits per heavy atom. The second-order valence-electron chi connectivity index (χ2n) is 10.1. The summed E-state index contributed by atoms with van der Waals surface area (Å²) in [5.41, 5.74) is 2.40. The Morgan fingerprint density at radius 1 is 1.10 bits per heavy atom. The van der Waals surface area contributed by atoms with Gasteiger partial charge in [0.25, 0.3) is 0 Å². The number of hydrogen-bond acceptors (Lipinski definition) is 6. The zero-order chi connectivity index (χ0) is 28.1. The summed E-state index contributed by atoms with van der Waals surface area (Å²) in [7, 11) is 1.44. The van der Waals surface area contributed by atoms with Crippen molar-refractivity contribution in [1.82, 2.24) is 25.2 Å². The lowest BCUT2D eigenvalue weighted by molar-refractivity contribution is -0.142. The molecule has 5 rings (SSSR count).